The summed E-state index contributed by atoms with van der Waals surface area (Å²) in [6, 6.07) is 7.09. The largest absolute Gasteiger partial charge is 0.366 e. The van der Waals surface area contributed by atoms with E-state index in [0.717, 1.165) is 18.5 Å². The Bertz CT molecular complexity index is 555. The molecule has 0 aromatic heterocycles. The molecule has 0 bridgehead atoms. The highest BCUT2D eigenvalue weighted by Crippen LogP contribution is 2.04. The third-order valence-corrected chi connectivity index (χ3v) is 4.53. The van der Waals surface area contributed by atoms with Gasteiger partial charge in [-0.3, -0.25) is 4.79 Å². The van der Waals surface area contributed by atoms with E-state index >= 15 is 0 Å². The Balaban J connectivity index is 2.29. The van der Waals surface area contributed by atoms with Gasteiger partial charge < -0.3 is 11.1 Å². The maximum atomic E-state index is 11.4. The van der Waals surface area contributed by atoms with Crippen molar-refractivity contribution in [3.05, 3.63) is 35.4 Å². The lowest BCUT2D eigenvalue weighted by atomic mass is 10.1. The number of hydrogen-bond donors (Lipinski definition) is 2. The van der Waals surface area contributed by atoms with Crippen LogP contribution >= 0.6 is 0 Å². The van der Waals surface area contributed by atoms with Gasteiger partial charge >= 0.3 is 0 Å². The van der Waals surface area contributed by atoms with Gasteiger partial charge in [-0.15, -0.1) is 0 Å². The van der Waals surface area contributed by atoms with E-state index in [2.05, 4.69) is 5.32 Å². The predicted octanol–water partition coefficient (Wildman–Crippen LogP) is 0.547. The standard InChI is InChI=1S/C14H23N3O3S/c1-3-17(21(2,19)20)10-4-9-16-11-12-5-7-13(8-6-12)14(15)18/h5-8,16H,3-4,9-11H2,1-2H3,(H2,15,18). The van der Waals surface area contributed by atoms with Crippen molar-refractivity contribution in [3.8, 4) is 0 Å². The van der Waals surface area contributed by atoms with Crippen LogP contribution in [0.15, 0.2) is 24.3 Å². The van der Waals surface area contributed by atoms with Crippen LogP contribution in [0, 0.1) is 0 Å². The van der Waals surface area contributed by atoms with Crippen molar-refractivity contribution in [1.29, 1.82) is 0 Å². The van der Waals surface area contributed by atoms with Gasteiger partial charge in [-0.2, -0.15) is 0 Å². The topological polar surface area (TPSA) is 92.5 Å². The second-order valence-electron chi connectivity index (χ2n) is 4.85. The first-order valence-corrected chi connectivity index (χ1v) is 8.74. The first-order chi connectivity index (χ1) is 9.84. The van der Waals surface area contributed by atoms with Gasteiger partial charge in [0.15, 0.2) is 0 Å². The molecule has 1 aromatic carbocycles. The van der Waals surface area contributed by atoms with E-state index in [1.165, 1.54) is 10.6 Å². The maximum absolute atomic E-state index is 11.4. The van der Waals surface area contributed by atoms with E-state index < -0.39 is 15.9 Å². The number of primary amides is 1. The molecule has 0 atom stereocenters. The molecule has 0 aliphatic carbocycles. The molecule has 7 heteroatoms. The summed E-state index contributed by atoms with van der Waals surface area (Å²) in [5.74, 6) is -0.435. The molecular weight excluding hydrogens is 290 g/mol. The fraction of sp³-hybridized carbons (Fsp3) is 0.500. The molecule has 0 aliphatic heterocycles. The summed E-state index contributed by atoms with van der Waals surface area (Å²) in [5.41, 5.74) is 6.71. The summed E-state index contributed by atoms with van der Waals surface area (Å²) < 4.78 is 24.3. The van der Waals surface area contributed by atoms with Crippen LogP contribution in [0.3, 0.4) is 0 Å². The van der Waals surface area contributed by atoms with Crippen molar-refractivity contribution in [2.45, 2.75) is 19.9 Å². The molecule has 1 amide bonds. The number of carbonyl (C=O) groups is 1. The molecule has 0 saturated heterocycles. The molecule has 0 heterocycles. The van der Waals surface area contributed by atoms with E-state index in [1.807, 2.05) is 19.1 Å². The van der Waals surface area contributed by atoms with Crippen molar-refractivity contribution in [2.24, 2.45) is 5.73 Å². The Morgan fingerprint density at radius 3 is 2.38 bits per heavy atom. The van der Waals surface area contributed by atoms with Crippen LogP contribution < -0.4 is 11.1 Å². The van der Waals surface area contributed by atoms with Crippen molar-refractivity contribution in [2.75, 3.05) is 25.9 Å². The zero-order valence-corrected chi connectivity index (χ0v) is 13.3. The lowest BCUT2D eigenvalue weighted by Crippen LogP contribution is -2.32. The fourth-order valence-corrected chi connectivity index (χ4v) is 2.89. The molecule has 0 spiro atoms. The van der Waals surface area contributed by atoms with Gasteiger partial charge in [-0.1, -0.05) is 19.1 Å². The van der Waals surface area contributed by atoms with Crippen LogP contribution in [0.5, 0.6) is 0 Å². The van der Waals surface area contributed by atoms with Crippen LogP contribution in [0.4, 0.5) is 0 Å². The monoisotopic (exact) mass is 313 g/mol. The number of sulfonamides is 1. The van der Waals surface area contributed by atoms with Crippen molar-refractivity contribution in [3.63, 3.8) is 0 Å². The minimum absolute atomic E-state index is 0.435. The van der Waals surface area contributed by atoms with Gasteiger partial charge in [0.1, 0.15) is 0 Å². The fourth-order valence-electron chi connectivity index (χ4n) is 1.96. The second kappa shape index (κ2) is 8.11. The molecule has 3 N–H and O–H groups in total. The van der Waals surface area contributed by atoms with E-state index in [4.69, 9.17) is 5.73 Å². The zero-order chi connectivity index (χ0) is 15.9. The third-order valence-electron chi connectivity index (χ3n) is 3.15. The van der Waals surface area contributed by atoms with Gasteiger partial charge in [-0.05, 0) is 30.7 Å². The van der Waals surface area contributed by atoms with E-state index in [0.29, 0.717) is 25.2 Å². The molecule has 1 aromatic rings. The summed E-state index contributed by atoms with van der Waals surface area (Å²) in [4.78, 5) is 10.9. The average molecular weight is 313 g/mol. The van der Waals surface area contributed by atoms with Gasteiger partial charge in [0.25, 0.3) is 0 Å². The van der Waals surface area contributed by atoms with Crippen LogP contribution in [0.1, 0.15) is 29.3 Å². The lowest BCUT2D eigenvalue weighted by Gasteiger charge is -2.17. The minimum atomic E-state index is -3.11. The number of nitrogens with two attached hydrogens (primary N) is 1. The number of nitrogens with one attached hydrogen (secondary N) is 1. The first-order valence-electron chi connectivity index (χ1n) is 6.89. The summed E-state index contributed by atoms with van der Waals surface area (Å²) in [7, 11) is -3.11. The van der Waals surface area contributed by atoms with Gasteiger partial charge in [-0.25, -0.2) is 12.7 Å². The van der Waals surface area contributed by atoms with Gasteiger partial charge in [0.05, 0.1) is 6.26 Å². The van der Waals surface area contributed by atoms with E-state index in [-0.39, 0.29) is 0 Å². The summed E-state index contributed by atoms with van der Waals surface area (Å²) in [6.45, 7) is 4.23. The van der Waals surface area contributed by atoms with Crippen LogP contribution in [0.2, 0.25) is 0 Å². The van der Waals surface area contributed by atoms with Gasteiger partial charge in [0.2, 0.25) is 15.9 Å². The summed E-state index contributed by atoms with van der Waals surface area (Å²) in [6.07, 6.45) is 1.98. The lowest BCUT2D eigenvalue weighted by molar-refractivity contribution is 0.100. The number of rotatable bonds is 9. The molecular formula is C14H23N3O3S. The Kier molecular flexibility index (Phi) is 6.80. The number of hydrogen-bond acceptors (Lipinski definition) is 4. The molecule has 0 radical (unpaired) electrons. The van der Waals surface area contributed by atoms with Crippen molar-refractivity contribution < 1.29 is 13.2 Å². The molecule has 0 saturated carbocycles. The van der Waals surface area contributed by atoms with Crippen molar-refractivity contribution in [1.82, 2.24) is 9.62 Å². The molecule has 6 nitrogen and oxygen atoms in total. The van der Waals surface area contributed by atoms with Crippen LogP contribution in [0.25, 0.3) is 0 Å². The molecule has 118 valence electrons. The highest BCUT2D eigenvalue weighted by Gasteiger charge is 2.12. The Morgan fingerprint density at radius 1 is 1.29 bits per heavy atom. The summed E-state index contributed by atoms with van der Waals surface area (Å²) in [5, 5.41) is 3.24. The molecule has 0 unspecified atom stereocenters. The normalized spacial score (nSPS) is 11.8. The zero-order valence-electron chi connectivity index (χ0n) is 12.5. The summed E-state index contributed by atoms with van der Waals surface area (Å²) >= 11 is 0. The molecule has 0 aliphatic rings. The number of amides is 1. The number of benzene rings is 1. The third kappa shape index (κ3) is 6.24. The number of nitrogens with zero attached hydrogens (tertiary/aromatic N) is 1. The van der Waals surface area contributed by atoms with Crippen molar-refractivity contribution >= 4 is 15.9 Å². The predicted molar refractivity (Wildman–Crippen MR) is 83.4 cm³/mol. The quantitative estimate of drug-likeness (QED) is 0.651. The van der Waals surface area contributed by atoms with Gasteiger partial charge in [0, 0.05) is 25.2 Å². The second-order valence-corrected chi connectivity index (χ2v) is 6.83. The first kappa shape index (κ1) is 17.6. The van der Waals surface area contributed by atoms with Crippen LogP contribution in [-0.4, -0.2) is 44.5 Å². The Labute approximate surface area is 126 Å². The van der Waals surface area contributed by atoms with E-state index in [1.54, 1.807) is 12.1 Å². The Hall–Kier alpha value is -1.44. The number of carbonyl (C=O) groups excluding carboxylic acids is 1. The van der Waals surface area contributed by atoms with E-state index in [9.17, 15) is 13.2 Å². The van der Waals surface area contributed by atoms with Crippen LogP contribution in [-0.2, 0) is 16.6 Å². The smallest absolute Gasteiger partial charge is 0.248 e. The Morgan fingerprint density at radius 2 is 1.90 bits per heavy atom. The molecule has 1 rings (SSSR count). The minimum Gasteiger partial charge on any atom is -0.366 e. The maximum Gasteiger partial charge on any atom is 0.248 e. The molecule has 0 fully saturated rings. The average Bonchev–Trinajstić information content (AvgIpc) is 2.41. The highest BCUT2D eigenvalue weighted by molar-refractivity contribution is 7.88. The highest BCUT2D eigenvalue weighted by atomic mass is 32.2. The SMILES string of the molecule is CCN(CCCNCc1ccc(C(N)=O)cc1)S(C)(=O)=O. The molecule has 21 heavy (non-hydrogen) atoms.